The van der Waals surface area contributed by atoms with Gasteiger partial charge in [0.15, 0.2) is 0 Å². The normalized spacial score (nSPS) is 12.8. The molecule has 0 saturated heterocycles. The van der Waals surface area contributed by atoms with Crippen LogP contribution in [0.4, 0.5) is 51.2 Å². The molecule has 356 valence electrons. The number of aromatic nitrogens is 2. The van der Waals surface area contributed by atoms with Crippen molar-refractivity contribution in [1.29, 1.82) is 0 Å². The monoisotopic (exact) mass is 953 g/mol. The molecule has 10 aromatic carbocycles. The zero-order valence-corrected chi connectivity index (χ0v) is 43.3. The predicted molar refractivity (Wildman–Crippen MR) is 317 cm³/mol. The van der Waals surface area contributed by atoms with Crippen LogP contribution in [0, 0.1) is 48.5 Å². The summed E-state index contributed by atoms with van der Waals surface area (Å²) in [7, 11) is 2.27. The lowest BCUT2D eigenvalue weighted by Gasteiger charge is -2.45. The molecule has 12 aromatic rings. The van der Waals surface area contributed by atoms with Crippen molar-refractivity contribution in [3.63, 3.8) is 0 Å². The van der Waals surface area contributed by atoms with Gasteiger partial charge in [-0.05, 0) is 162 Å². The standard InChI is InChI=1S/C68H56BN5/c1-41-13-24-48(25-14-41)71(49-26-15-42(2)16-27-49)52-38-63-65-64(39-52)73(51-30-19-44(4)20-31-51)67-58(69(65)57-37-47(7)23-34-62(57)72(63)50-28-17-43(3)18-29-50)40-56-53-11-9-10-12-59(53)70(8)66(56)68(67)74-60-32-21-45(5)35-54(60)55-36-46(6)22-33-61(55)74/h9-40H,1-8H3. The van der Waals surface area contributed by atoms with Crippen LogP contribution in [-0.4, -0.2) is 15.8 Å². The Morgan fingerprint density at radius 2 is 0.838 bits per heavy atom. The van der Waals surface area contributed by atoms with E-state index in [-0.39, 0.29) is 6.71 Å². The van der Waals surface area contributed by atoms with E-state index in [0.29, 0.717) is 0 Å². The van der Waals surface area contributed by atoms with E-state index in [9.17, 15) is 0 Å². The van der Waals surface area contributed by atoms with Crippen LogP contribution in [0.15, 0.2) is 194 Å². The van der Waals surface area contributed by atoms with E-state index < -0.39 is 0 Å². The van der Waals surface area contributed by atoms with Gasteiger partial charge in [0, 0.05) is 73.9 Å². The average Bonchev–Trinajstić information content (AvgIpc) is 3.87. The number of aryl methyl sites for hydroxylation is 8. The third-order valence-corrected chi connectivity index (χ3v) is 16.1. The number of hydrogen-bond donors (Lipinski definition) is 0. The van der Waals surface area contributed by atoms with Crippen molar-refractivity contribution in [2.24, 2.45) is 7.05 Å². The van der Waals surface area contributed by atoms with Gasteiger partial charge in [-0.15, -0.1) is 0 Å². The van der Waals surface area contributed by atoms with Crippen LogP contribution in [0.25, 0.3) is 49.3 Å². The molecule has 5 nitrogen and oxygen atoms in total. The molecule has 0 bridgehead atoms. The second-order valence-electron chi connectivity index (χ2n) is 21.3. The number of benzene rings is 10. The van der Waals surface area contributed by atoms with Gasteiger partial charge in [-0.3, -0.25) is 0 Å². The molecule has 0 N–H and O–H groups in total. The first-order valence-corrected chi connectivity index (χ1v) is 26.0. The van der Waals surface area contributed by atoms with Crippen LogP contribution < -0.4 is 31.1 Å². The Balaban J connectivity index is 1.21. The second-order valence-corrected chi connectivity index (χ2v) is 21.3. The Bertz CT molecular complexity index is 4170. The van der Waals surface area contributed by atoms with Crippen LogP contribution in [0.5, 0.6) is 0 Å². The number of anilines is 9. The smallest absolute Gasteiger partial charge is 0.252 e. The highest BCUT2D eigenvalue weighted by Crippen LogP contribution is 2.52. The zero-order valence-electron chi connectivity index (χ0n) is 43.3. The van der Waals surface area contributed by atoms with Crippen LogP contribution in [0.2, 0.25) is 0 Å². The Morgan fingerprint density at radius 3 is 1.42 bits per heavy atom. The van der Waals surface area contributed by atoms with Gasteiger partial charge >= 0.3 is 0 Å². The molecule has 0 saturated carbocycles. The minimum Gasteiger partial charge on any atom is -0.342 e. The number of rotatable bonds is 6. The first-order chi connectivity index (χ1) is 36.0. The minimum atomic E-state index is -0.130. The lowest BCUT2D eigenvalue weighted by Crippen LogP contribution is -2.61. The number of hydrogen-bond acceptors (Lipinski definition) is 3. The summed E-state index contributed by atoms with van der Waals surface area (Å²) in [4.78, 5) is 7.64. The van der Waals surface area contributed by atoms with Gasteiger partial charge in [-0.1, -0.05) is 136 Å². The second kappa shape index (κ2) is 16.4. The van der Waals surface area contributed by atoms with Crippen molar-refractivity contribution in [1.82, 2.24) is 9.13 Å². The van der Waals surface area contributed by atoms with Crippen molar-refractivity contribution < 1.29 is 0 Å². The molecule has 2 aliphatic heterocycles. The van der Waals surface area contributed by atoms with Crippen molar-refractivity contribution >= 4 is 118 Å². The Hall–Kier alpha value is -8.74. The molecule has 0 amide bonds. The number of fused-ring (bicyclic) bond motifs is 10. The van der Waals surface area contributed by atoms with Gasteiger partial charge in [0.2, 0.25) is 0 Å². The molecule has 74 heavy (non-hydrogen) atoms. The minimum absolute atomic E-state index is 0.130. The zero-order chi connectivity index (χ0) is 50.3. The summed E-state index contributed by atoms with van der Waals surface area (Å²) in [6, 6.07) is 74.1. The maximum absolute atomic E-state index is 2.64. The fourth-order valence-electron chi connectivity index (χ4n) is 12.5. The summed E-state index contributed by atoms with van der Waals surface area (Å²) in [6.45, 7) is 15.3. The molecular weight excluding hydrogens is 898 g/mol. The number of nitrogens with zero attached hydrogens (tertiary/aromatic N) is 5. The highest BCUT2D eigenvalue weighted by molar-refractivity contribution is 7.00. The van der Waals surface area contributed by atoms with Crippen LogP contribution in [-0.2, 0) is 7.05 Å². The largest absolute Gasteiger partial charge is 0.342 e. The molecule has 0 fully saturated rings. The third-order valence-electron chi connectivity index (χ3n) is 16.1. The van der Waals surface area contributed by atoms with Gasteiger partial charge in [0.1, 0.15) is 0 Å². The summed E-state index contributed by atoms with van der Waals surface area (Å²) in [5, 5.41) is 5.01. The number of para-hydroxylation sites is 1. The highest BCUT2D eigenvalue weighted by Gasteiger charge is 2.46. The molecule has 2 aromatic heterocycles. The van der Waals surface area contributed by atoms with Crippen LogP contribution in [0.3, 0.4) is 0 Å². The molecule has 6 heteroatoms. The van der Waals surface area contributed by atoms with E-state index in [2.05, 4.69) is 273 Å². The van der Waals surface area contributed by atoms with Crippen molar-refractivity contribution in [2.75, 3.05) is 14.7 Å². The predicted octanol–water partition coefficient (Wildman–Crippen LogP) is 16.1. The van der Waals surface area contributed by atoms with E-state index in [4.69, 9.17) is 0 Å². The van der Waals surface area contributed by atoms with Gasteiger partial charge in [0.25, 0.3) is 6.71 Å². The van der Waals surface area contributed by atoms with Crippen molar-refractivity contribution in [3.8, 4) is 5.69 Å². The summed E-state index contributed by atoms with van der Waals surface area (Å²) in [5.74, 6) is 0. The van der Waals surface area contributed by atoms with Crippen LogP contribution in [0.1, 0.15) is 38.9 Å². The fraction of sp³-hybridized carbons (Fsp3) is 0.118. The van der Waals surface area contributed by atoms with Crippen molar-refractivity contribution in [3.05, 3.63) is 233 Å². The van der Waals surface area contributed by atoms with Gasteiger partial charge in [-0.25, -0.2) is 0 Å². The summed E-state index contributed by atoms with van der Waals surface area (Å²) in [5.41, 5.74) is 28.7. The Kier molecular flexibility index (Phi) is 9.75. The molecule has 0 aliphatic carbocycles. The molecule has 0 spiro atoms. The Morgan fingerprint density at radius 1 is 0.351 bits per heavy atom. The molecule has 0 atom stereocenters. The maximum Gasteiger partial charge on any atom is 0.252 e. The summed E-state index contributed by atoms with van der Waals surface area (Å²) >= 11 is 0. The average molecular weight is 954 g/mol. The quantitative estimate of drug-likeness (QED) is 0.155. The molecule has 0 unspecified atom stereocenters. The topological polar surface area (TPSA) is 19.6 Å². The lowest BCUT2D eigenvalue weighted by molar-refractivity contribution is 1.00. The SMILES string of the molecule is Cc1ccc(N(c2ccc(C)cc2)c2cc3c4c(c2)N(c2ccc(C)cc2)c2c(cc5c6ccccc6n(C)c5c2-n2c5ccc(C)cc5c5cc(C)ccc52)B4c2cc(C)ccc2N3c2ccc(C)cc2)cc1. The summed E-state index contributed by atoms with van der Waals surface area (Å²) < 4.78 is 5.07. The highest BCUT2D eigenvalue weighted by atomic mass is 15.2. The van der Waals surface area contributed by atoms with E-state index in [1.807, 2.05) is 0 Å². The van der Waals surface area contributed by atoms with E-state index in [1.54, 1.807) is 0 Å². The Labute approximate surface area is 433 Å². The van der Waals surface area contributed by atoms with Crippen LogP contribution >= 0.6 is 0 Å². The van der Waals surface area contributed by atoms with E-state index in [1.165, 1.54) is 116 Å². The van der Waals surface area contributed by atoms with Gasteiger partial charge in [0.05, 0.1) is 33.6 Å². The molecule has 2 aliphatic rings. The third kappa shape index (κ3) is 6.57. The molecular formula is C68H56BN5. The van der Waals surface area contributed by atoms with E-state index in [0.717, 1.165) is 39.8 Å². The molecule has 4 heterocycles. The molecule has 14 rings (SSSR count). The lowest BCUT2D eigenvalue weighted by atomic mass is 9.33. The molecule has 0 radical (unpaired) electrons. The maximum atomic E-state index is 2.64. The van der Waals surface area contributed by atoms with Gasteiger partial charge < -0.3 is 23.8 Å². The first-order valence-electron chi connectivity index (χ1n) is 26.0. The van der Waals surface area contributed by atoms with Gasteiger partial charge in [-0.2, -0.15) is 0 Å². The van der Waals surface area contributed by atoms with Crippen molar-refractivity contribution in [2.45, 2.75) is 48.5 Å². The fourth-order valence-corrected chi connectivity index (χ4v) is 12.5. The first kappa shape index (κ1) is 44.0. The summed E-state index contributed by atoms with van der Waals surface area (Å²) in [6.07, 6.45) is 0. The van der Waals surface area contributed by atoms with E-state index >= 15 is 0 Å².